The summed E-state index contributed by atoms with van der Waals surface area (Å²) in [5.41, 5.74) is 5.91. The fourth-order valence-corrected chi connectivity index (χ4v) is 5.29. The number of nitrogens with one attached hydrogen (secondary N) is 1. The molecule has 174 valence electrons. The number of ether oxygens (including phenoxy) is 1. The van der Waals surface area contributed by atoms with Gasteiger partial charge in [-0.2, -0.15) is 0 Å². The number of halogens is 1. The quantitative estimate of drug-likeness (QED) is 0.511. The lowest BCUT2D eigenvalue weighted by Gasteiger charge is -2.38. The minimum atomic E-state index is -0.256. The normalized spacial score (nSPS) is 20.8. The number of aromatic amines is 1. The standard InChI is InChI=1S/C27H33FN4O/c1-3-19(2)32-16-12-23-22-7-4-5-8-24(22)30-26(23)27(32)25-10-9-20(17-29-25)33-21-11-15-31(18-21)14-6-13-28/h4-5,7-10,17,21,27,30H,2-3,6,11-16,18H2,1H3/t21-,27-/m1/s1. The molecule has 0 radical (unpaired) electrons. The molecule has 5 rings (SSSR count). The number of allylic oxidation sites excluding steroid dienone is 1. The van der Waals surface area contributed by atoms with Crippen molar-refractivity contribution in [2.24, 2.45) is 0 Å². The van der Waals surface area contributed by atoms with Crippen LogP contribution in [0, 0.1) is 0 Å². The maximum absolute atomic E-state index is 12.5. The topological polar surface area (TPSA) is 44.4 Å². The van der Waals surface area contributed by atoms with Crippen LogP contribution in [0.3, 0.4) is 0 Å². The summed E-state index contributed by atoms with van der Waals surface area (Å²) in [5.74, 6) is 0.796. The number of hydrogen-bond acceptors (Lipinski definition) is 4. The van der Waals surface area contributed by atoms with E-state index in [9.17, 15) is 4.39 Å². The maximum atomic E-state index is 12.5. The average molecular weight is 449 g/mol. The molecule has 1 aromatic carbocycles. The van der Waals surface area contributed by atoms with Crippen molar-refractivity contribution in [3.8, 4) is 5.75 Å². The third-order valence-electron chi connectivity index (χ3n) is 7.03. The summed E-state index contributed by atoms with van der Waals surface area (Å²) in [5, 5.41) is 1.30. The third-order valence-corrected chi connectivity index (χ3v) is 7.03. The molecule has 2 atom stereocenters. The van der Waals surface area contributed by atoms with Gasteiger partial charge in [-0.3, -0.25) is 14.3 Å². The van der Waals surface area contributed by atoms with E-state index in [2.05, 4.69) is 58.6 Å². The predicted octanol–water partition coefficient (Wildman–Crippen LogP) is 5.25. The Kier molecular flexibility index (Phi) is 6.36. The lowest BCUT2D eigenvalue weighted by atomic mass is 9.94. The van der Waals surface area contributed by atoms with Crippen LogP contribution in [0.4, 0.5) is 4.39 Å². The zero-order chi connectivity index (χ0) is 22.8. The third kappa shape index (κ3) is 4.36. The summed E-state index contributed by atoms with van der Waals surface area (Å²) >= 11 is 0. The first kappa shape index (κ1) is 22.0. The summed E-state index contributed by atoms with van der Waals surface area (Å²) < 4.78 is 18.7. The molecule has 4 heterocycles. The smallest absolute Gasteiger partial charge is 0.138 e. The molecular formula is C27H33FN4O. The first-order chi connectivity index (χ1) is 16.2. The van der Waals surface area contributed by atoms with Crippen LogP contribution < -0.4 is 4.74 Å². The number of hydrogen-bond donors (Lipinski definition) is 1. The highest BCUT2D eigenvalue weighted by Crippen LogP contribution is 2.40. The van der Waals surface area contributed by atoms with Crippen molar-refractivity contribution < 1.29 is 9.13 Å². The first-order valence-corrected chi connectivity index (χ1v) is 12.1. The van der Waals surface area contributed by atoms with Crippen molar-refractivity contribution in [3.63, 3.8) is 0 Å². The predicted molar refractivity (Wildman–Crippen MR) is 130 cm³/mol. The van der Waals surface area contributed by atoms with Crippen LogP contribution >= 0.6 is 0 Å². The van der Waals surface area contributed by atoms with Crippen LogP contribution in [-0.2, 0) is 6.42 Å². The van der Waals surface area contributed by atoms with Crippen molar-refractivity contribution in [2.45, 2.75) is 44.8 Å². The maximum Gasteiger partial charge on any atom is 0.138 e. The number of H-pyrrole nitrogens is 1. The lowest BCUT2D eigenvalue weighted by Crippen LogP contribution is -2.35. The molecule has 6 heteroatoms. The minimum Gasteiger partial charge on any atom is -0.487 e. The Labute approximate surface area is 195 Å². The molecule has 0 aliphatic carbocycles. The van der Waals surface area contributed by atoms with Crippen molar-refractivity contribution >= 4 is 10.9 Å². The van der Waals surface area contributed by atoms with E-state index < -0.39 is 0 Å². The van der Waals surface area contributed by atoms with Gasteiger partial charge in [0.1, 0.15) is 17.9 Å². The van der Waals surface area contributed by atoms with Crippen molar-refractivity contribution in [2.75, 3.05) is 32.9 Å². The zero-order valence-corrected chi connectivity index (χ0v) is 19.4. The van der Waals surface area contributed by atoms with Gasteiger partial charge in [0, 0.05) is 48.5 Å². The molecule has 1 N–H and O–H groups in total. The van der Waals surface area contributed by atoms with E-state index in [0.29, 0.717) is 6.42 Å². The number of rotatable bonds is 8. The van der Waals surface area contributed by atoms with E-state index >= 15 is 0 Å². The summed E-state index contributed by atoms with van der Waals surface area (Å²) in [7, 11) is 0. The number of nitrogens with zero attached hydrogens (tertiary/aromatic N) is 3. The van der Waals surface area contributed by atoms with Crippen LogP contribution in [0.15, 0.2) is 54.9 Å². The Morgan fingerprint density at radius 3 is 2.91 bits per heavy atom. The van der Waals surface area contributed by atoms with Gasteiger partial charge in [-0.05, 0) is 49.4 Å². The van der Waals surface area contributed by atoms with Gasteiger partial charge >= 0.3 is 0 Å². The molecular weight excluding hydrogens is 415 g/mol. The largest absolute Gasteiger partial charge is 0.487 e. The molecule has 2 aromatic heterocycles. The molecule has 0 saturated carbocycles. The molecule has 1 fully saturated rings. The van der Waals surface area contributed by atoms with Crippen molar-refractivity contribution in [3.05, 3.63) is 71.8 Å². The van der Waals surface area contributed by atoms with Crippen molar-refractivity contribution in [1.29, 1.82) is 0 Å². The SMILES string of the molecule is C=C(CC)N1CCc2c([nH]c3ccccc23)[C@H]1c1ccc(O[C@@H]2CCN(CCCF)C2)cn1. The van der Waals surface area contributed by atoms with Crippen LogP contribution in [0.2, 0.25) is 0 Å². The number of fused-ring (bicyclic) bond motifs is 3. The van der Waals surface area contributed by atoms with E-state index in [-0.39, 0.29) is 18.8 Å². The summed E-state index contributed by atoms with van der Waals surface area (Å²) in [6.45, 7) is 9.81. The fourth-order valence-electron chi connectivity index (χ4n) is 5.29. The van der Waals surface area contributed by atoms with Crippen LogP contribution in [0.25, 0.3) is 10.9 Å². The lowest BCUT2D eigenvalue weighted by molar-refractivity contribution is 0.197. The van der Waals surface area contributed by atoms with Gasteiger partial charge in [0.15, 0.2) is 0 Å². The van der Waals surface area contributed by atoms with Gasteiger partial charge in [0.25, 0.3) is 0 Å². The Morgan fingerprint density at radius 1 is 1.24 bits per heavy atom. The molecule has 0 spiro atoms. The first-order valence-electron chi connectivity index (χ1n) is 12.1. The molecule has 0 unspecified atom stereocenters. The monoisotopic (exact) mass is 448 g/mol. The summed E-state index contributed by atoms with van der Waals surface area (Å²) in [6, 6.07) is 12.7. The molecule has 0 amide bonds. The van der Waals surface area contributed by atoms with Gasteiger partial charge in [-0.15, -0.1) is 0 Å². The Hall–Kier alpha value is -2.86. The summed E-state index contributed by atoms with van der Waals surface area (Å²) in [4.78, 5) is 13.2. The number of benzene rings is 1. The van der Waals surface area contributed by atoms with E-state index in [1.165, 1.54) is 22.2 Å². The van der Waals surface area contributed by atoms with E-state index in [1.807, 2.05) is 12.3 Å². The minimum absolute atomic E-state index is 0.0188. The number of likely N-dealkylation sites (tertiary alicyclic amines) is 1. The second kappa shape index (κ2) is 9.56. The molecule has 3 aromatic rings. The number of aromatic nitrogens is 2. The highest BCUT2D eigenvalue weighted by molar-refractivity contribution is 5.85. The molecule has 2 aliphatic heterocycles. The number of para-hydroxylation sites is 1. The highest BCUT2D eigenvalue weighted by Gasteiger charge is 2.33. The molecule has 1 saturated heterocycles. The van der Waals surface area contributed by atoms with Gasteiger partial charge in [0.2, 0.25) is 0 Å². The molecule has 33 heavy (non-hydrogen) atoms. The second-order valence-corrected chi connectivity index (χ2v) is 9.12. The number of alkyl halides is 1. The van der Waals surface area contributed by atoms with Crippen molar-refractivity contribution in [1.82, 2.24) is 19.8 Å². The van der Waals surface area contributed by atoms with Crippen LogP contribution in [0.5, 0.6) is 5.75 Å². The molecule has 5 nitrogen and oxygen atoms in total. The van der Waals surface area contributed by atoms with E-state index in [0.717, 1.165) is 62.6 Å². The van der Waals surface area contributed by atoms with Gasteiger partial charge in [0.05, 0.1) is 18.6 Å². The second-order valence-electron chi connectivity index (χ2n) is 9.12. The highest BCUT2D eigenvalue weighted by atomic mass is 19.1. The average Bonchev–Trinajstić information content (AvgIpc) is 3.46. The Balaban J connectivity index is 1.38. The fraction of sp³-hybridized carbons (Fsp3) is 0.444. The van der Waals surface area contributed by atoms with Gasteiger partial charge in [-0.25, -0.2) is 0 Å². The van der Waals surface area contributed by atoms with Gasteiger partial charge < -0.3 is 14.6 Å². The van der Waals surface area contributed by atoms with Crippen LogP contribution in [0.1, 0.15) is 49.2 Å². The number of pyridine rings is 1. The summed E-state index contributed by atoms with van der Waals surface area (Å²) in [6.07, 6.45) is 5.47. The Morgan fingerprint density at radius 2 is 2.12 bits per heavy atom. The van der Waals surface area contributed by atoms with Crippen LogP contribution in [-0.4, -0.2) is 58.7 Å². The molecule has 2 aliphatic rings. The van der Waals surface area contributed by atoms with E-state index in [4.69, 9.17) is 9.72 Å². The van der Waals surface area contributed by atoms with Gasteiger partial charge in [-0.1, -0.05) is 31.7 Å². The Bertz CT molecular complexity index is 1110. The van der Waals surface area contributed by atoms with E-state index in [1.54, 1.807) is 0 Å². The zero-order valence-electron chi connectivity index (χ0n) is 19.4. The molecule has 0 bridgehead atoms.